The van der Waals surface area contributed by atoms with Gasteiger partial charge >= 0.3 is 0 Å². The Bertz CT molecular complexity index is 393. The zero-order valence-electron chi connectivity index (χ0n) is 13.7. The molecule has 0 radical (unpaired) electrons. The second-order valence-corrected chi connectivity index (χ2v) is 10.4. The minimum Gasteiger partial charge on any atom is -0.0501 e. The first kappa shape index (κ1) is 12.4. The van der Waals surface area contributed by atoms with Gasteiger partial charge in [0, 0.05) is 0 Å². The first-order chi connectivity index (χ1) is 10.3. The summed E-state index contributed by atoms with van der Waals surface area (Å²) < 4.78 is 0. The predicted octanol–water partition coefficient (Wildman–Crippen LogP) is 5.81. The summed E-state index contributed by atoms with van der Waals surface area (Å²) in [6.07, 6.45) is 21.3. The van der Waals surface area contributed by atoms with Gasteiger partial charge in [0.1, 0.15) is 0 Å². The second-order valence-electron chi connectivity index (χ2n) is 10.4. The van der Waals surface area contributed by atoms with Crippen molar-refractivity contribution in [3.8, 4) is 0 Å². The monoisotopic (exact) mass is 284 g/mol. The Balaban J connectivity index is 1.48. The Labute approximate surface area is 130 Å². The number of hydrogen-bond acceptors (Lipinski definition) is 0. The van der Waals surface area contributed by atoms with Crippen LogP contribution in [-0.2, 0) is 0 Å². The molecule has 2 spiro atoms. The molecular weight excluding hydrogens is 252 g/mol. The Morgan fingerprint density at radius 1 is 0.476 bits per heavy atom. The molecule has 0 amide bonds. The quantitative estimate of drug-likeness (QED) is 0.526. The van der Waals surface area contributed by atoms with Crippen molar-refractivity contribution >= 4 is 0 Å². The smallest absolute Gasteiger partial charge is 0.0233 e. The van der Waals surface area contributed by atoms with Crippen LogP contribution in [0.25, 0.3) is 0 Å². The maximum Gasteiger partial charge on any atom is -0.0233 e. The van der Waals surface area contributed by atoms with Crippen LogP contribution in [-0.4, -0.2) is 0 Å². The van der Waals surface area contributed by atoms with Gasteiger partial charge in [-0.3, -0.25) is 0 Å². The van der Waals surface area contributed by atoms with Gasteiger partial charge in [-0.15, -0.1) is 0 Å². The highest BCUT2D eigenvalue weighted by molar-refractivity contribution is 5.16. The van der Waals surface area contributed by atoms with Crippen molar-refractivity contribution in [1.29, 1.82) is 0 Å². The van der Waals surface area contributed by atoms with Gasteiger partial charge < -0.3 is 0 Å². The van der Waals surface area contributed by atoms with Gasteiger partial charge in [0.05, 0.1) is 0 Å². The number of rotatable bonds is 0. The molecule has 0 aromatic carbocycles. The van der Waals surface area contributed by atoms with Crippen LogP contribution in [0.3, 0.4) is 0 Å². The van der Waals surface area contributed by atoms with Crippen LogP contribution >= 0.6 is 0 Å². The Kier molecular flexibility index (Phi) is 2.31. The number of fused-ring (bicyclic) bond motifs is 2. The number of hydrogen-bond donors (Lipinski definition) is 0. The van der Waals surface area contributed by atoms with Crippen molar-refractivity contribution in [3.05, 3.63) is 0 Å². The summed E-state index contributed by atoms with van der Waals surface area (Å²) in [6.45, 7) is 0. The van der Waals surface area contributed by atoms with E-state index in [2.05, 4.69) is 0 Å². The average molecular weight is 284 g/mol. The van der Waals surface area contributed by atoms with Crippen LogP contribution in [0, 0.1) is 46.3 Å². The van der Waals surface area contributed by atoms with E-state index in [4.69, 9.17) is 0 Å². The molecule has 0 aliphatic heterocycles. The molecule has 21 heavy (non-hydrogen) atoms. The lowest BCUT2D eigenvalue weighted by Gasteiger charge is -2.72. The summed E-state index contributed by atoms with van der Waals surface area (Å²) in [4.78, 5) is 0. The van der Waals surface area contributed by atoms with E-state index < -0.39 is 0 Å². The summed E-state index contributed by atoms with van der Waals surface area (Å²) in [6, 6.07) is 0. The third kappa shape index (κ3) is 1.40. The van der Waals surface area contributed by atoms with E-state index >= 15 is 0 Å². The van der Waals surface area contributed by atoms with Crippen molar-refractivity contribution in [2.45, 2.75) is 83.5 Å². The summed E-state index contributed by atoms with van der Waals surface area (Å²) in [7, 11) is 0. The molecule has 0 aromatic rings. The van der Waals surface area contributed by atoms with Gasteiger partial charge in [-0.25, -0.2) is 0 Å². The molecule has 6 aliphatic rings. The normalized spacial score (nSPS) is 64.0. The second kappa shape index (κ2) is 3.90. The zero-order chi connectivity index (χ0) is 13.7. The third-order valence-electron chi connectivity index (χ3n) is 10.1. The first-order valence-electron chi connectivity index (χ1n) is 10.3. The summed E-state index contributed by atoms with van der Waals surface area (Å²) in [5.41, 5.74) is 1.74. The standard InChI is InChI=1S/C21H32/c1-5-16-9-18-7-3-15-4-8-19-10-17-6-2-14(1)11-20(16,17)13-21(18,19)12-15/h14-19H,1-13H2. The molecule has 0 saturated heterocycles. The molecule has 4 unspecified atom stereocenters. The van der Waals surface area contributed by atoms with Crippen molar-refractivity contribution in [2.75, 3.05) is 0 Å². The van der Waals surface area contributed by atoms with Crippen LogP contribution in [0.15, 0.2) is 0 Å². The van der Waals surface area contributed by atoms with Crippen LogP contribution in [0.1, 0.15) is 83.5 Å². The topological polar surface area (TPSA) is 0 Å². The predicted molar refractivity (Wildman–Crippen MR) is 85.8 cm³/mol. The highest BCUT2D eigenvalue weighted by Crippen LogP contribution is 2.76. The SMILES string of the molecule is C1CC2CC3CCC4CCC5CC6CCC1CC26CC35C4. The van der Waals surface area contributed by atoms with E-state index in [0.29, 0.717) is 0 Å². The molecule has 116 valence electrons. The highest BCUT2D eigenvalue weighted by atomic mass is 14.7. The lowest BCUT2D eigenvalue weighted by molar-refractivity contribution is -0.225. The van der Waals surface area contributed by atoms with Gasteiger partial charge in [-0.05, 0) is 104 Å². The molecule has 4 bridgehead atoms. The van der Waals surface area contributed by atoms with Gasteiger partial charge in [-0.2, -0.15) is 0 Å². The van der Waals surface area contributed by atoms with Crippen molar-refractivity contribution in [2.24, 2.45) is 46.3 Å². The van der Waals surface area contributed by atoms with Crippen molar-refractivity contribution < 1.29 is 0 Å². The summed E-state index contributed by atoms with van der Waals surface area (Å²) in [5.74, 6) is 6.93. The van der Waals surface area contributed by atoms with E-state index in [-0.39, 0.29) is 0 Å². The van der Waals surface area contributed by atoms with E-state index in [1.54, 1.807) is 83.5 Å². The fraction of sp³-hybridized carbons (Fsp3) is 1.00. The molecule has 0 nitrogen and oxygen atoms in total. The molecule has 0 heteroatoms. The fourth-order valence-electron chi connectivity index (χ4n) is 9.43. The Morgan fingerprint density at radius 3 is 1.24 bits per heavy atom. The lowest BCUT2D eigenvalue weighted by atomic mass is 9.33. The minimum atomic E-state index is 0.868. The van der Waals surface area contributed by atoms with Crippen LogP contribution in [0.4, 0.5) is 0 Å². The van der Waals surface area contributed by atoms with E-state index in [1.807, 2.05) is 0 Å². The average Bonchev–Trinajstić information content (AvgIpc) is 2.49. The molecule has 6 fully saturated rings. The summed E-state index contributed by atoms with van der Waals surface area (Å²) >= 11 is 0. The van der Waals surface area contributed by atoms with Gasteiger partial charge in [0.2, 0.25) is 0 Å². The molecule has 0 aromatic heterocycles. The van der Waals surface area contributed by atoms with E-state index in [0.717, 1.165) is 46.3 Å². The van der Waals surface area contributed by atoms with E-state index in [9.17, 15) is 0 Å². The fourth-order valence-corrected chi connectivity index (χ4v) is 9.43. The first-order valence-corrected chi connectivity index (χ1v) is 10.3. The van der Waals surface area contributed by atoms with Crippen molar-refractivity contribution in [3.63, 3.8) is 0 Å². The molecule has 0 N–H and O–H groups in total. The molecule has 6 rings (SSSR count). The Morgan fingerprint density at radius 2 is 0.857 bits per heavy atom. The third-order valence-corrected chi connectivity index (χ3v) is 10.1. The Hall–Kier alpha value is 0. The molecule has 0 heterocycles. The van der Waals surface area contributed by atoms with Crippen LogP contribution < -0.4 is 0 Å². The van der Waals surface area contributed by atoms with Crippen LogP contribution in [0.2, 0.25) is 0 Å². The van der Waals surface area contributed by atoms with Crippen LogP contribution in [0.5, 0.6) is 0 Å². The molecule has 4 atom stereocenters. The maximum absolute atomic E-state index is 1.72. The summed E-state index contributed by atoms with van der Waals surface area (Å²) in [5, 5.41) is 0. The maximum atomic E-state index is 1.72. The minimum absolute atomic E-state index is 0.868. The van der Waals surface area contributed by atoms with Gasteiger partial charge in [0.25, 0.3) is 0 Å². The van der Waals surface area contributed by atoms with Gasteiger partial charge in [-0.1, -0.05) is 25.7 Å². The largest absolute Gasteiger partial charge is 0.0501 e. The lowest BCUT2D eigenvalue weighted by Crippen LogP contribution is -2.63. The zero-order valence-corrected chi connectivity index (χ0v) is 13.7. The van der Waals surface area contributed by atoms with E-state index in [1.165, 1.54) is 0 Å². The molecule has 6 aliphatic carbocycles. The highest BCUT2D eigenvalue weighted by Gasteiger charge is 2.66. The van der Waals surface area contributed by atoms with Gasteiger partial charge in [0.15, 0.2) is 0 Å². The molecular formula is C21H32. The molecule has 6 saturated carbocycles. The van der Waals surface area contributed by atoms with Crippen molar-refractivity contribution in [1.82, 2.24) is 0 Å².